The van der Waals surface area contributed by atoms with Gasteiger partial charge in [0.25, 0.3) is 23.2 Å². The van der Waals surface area contributed by atoms with Gasteiger partial charge in [0.15, 0.2) is 6.10 Å². The predicted octanol–water partition coefficient (Wildman–Crippen LogP) is 3.95. The van der Waals surface area contributed by atoms with Crippen LogP contribution in [-0.4, -0.2) is 40.9 Å². The van der Waals surface area contributed by atoms with E-state index in [1.165, 1.54) is 17.0 Å². The van der Waals surface area contributed by atoms with E-state index in [0.717, 1.165) is 18.2 Å². The van der Waals surface area contributed by atoms with E-state index in [9.17, 15) is 29.8 Å². The topological polar surface area (TPSA) is 154 Å². The first-order valence-electron chi connectivity index (χ1n) is 10.8. The largest absolute Gasteiger partial charge is 0.492 e. The summed E-state index contributed by atoms with van der Waals surface area (Å²) in [5.41, 5.74) is -0.654. The van der Waals surface area contributed by atoms with Crippen LogP contribution in [0.2, 0.25) is 0 Å². The molecule has 0 bridgehead atoms. The molecule has 1 unspecified atom stereocenters. The van der Waals surface area contributed by atoms with Gasteiger partial charge in [0.2, 0.25) is 0 Å². The number of anilines is 2. The summed E-state index contributed by atoms with van der Waals surface area (Å²) in [6.45, 7) is 2.10. The molecule has 0 aliphatic carbocycles. The van der Waals surface area contributed by atoms with Gasteiger partial charge in [-0.2, -0.15) is 0 Å². The summed E-state index contributed by atoms with van der Waals surface area (Å²) in [6.07, 6.45) is -0.778. The first-order chi connectivity index (χ1) is 17.2. The highest BCUT2D eigenvalue weighted by Gasteiger charge is 2.31. The number of carbonyl (C=O) groups is 2. The van der Waals surface area contributed by atoms with Crippen molar-refractivity contribution in [2.75, 3.05) is 23.4 Å². The zero-order valence-electron chi connectivity index (χ0n) is 19.0. The summed E-state index contributed by atoms with van der Waals surface area (Å²) in [7, 11) is 0. The monoisotopic (exact) mass is 492 g/mol. The first-order valence-corrected chi connectivity index (χ1v) is 10.8. The Hall–Kier alpha value is -5.00. The lowest BCUT2D eigenvalue weighted by Gasteiger charge is -2.33. The van der Waals surface area contributed by atoms with Crippen LogP contribution >= 0.6 is 0 Å². The number of non-ortho nitro benzene ring substituents is 2. The highest BCUT2D eigenvalue weighted by molar-refractivity contribution is 6.06. The second kappa shape index (κ2) is 10.1. The molecule has 3 aromatic carbocycles. The molecular formula is C24H20N4O8. The highest BCUT2D eigenvalue weighted by Crippen LogP contribution is 2.36. The maximum absolute atomic E-state index is 12.7. The van der Waals surface area contributed by atoms with Gasteiger partial charge in [-0.1, -0.05) is 18.2 Å². The molecule has 0 spiro atoms. The van der Waals surface area contributed by atoms with Crippen LogP contribution in [-0.2, 0) is 4.79 Å². The van der Waals surface area contributed by atoms with Gasteiger partial charge in [0.05, 0.1) is 33.7 Å². The van der Waals surface area contributed by atoms with Crippen molar-refractivity contribution in [3.8, 4) is 11.5 Å². The molecule has 184 valence electrons. The lowest BCUT2D eigenvalue weighted by atomic mass is 10.1. The number of nitro groups is 2. The fraction of sp³-hybridized carbons (Fsp3) is 0.167. The Morgan fingerprint density at radius 1 is 1.03 bits per heavy atom. The Balaban J connectivity index is 1.52. The number of carbonyl (C=O) groups excluding carboxylic acids is 2. The normalized spacial score (nSPS) is 14.4. The van der Waals surface area contributed by atoms with Gasteiger partial charge in [-0.15, -0.1) is 0 Å². The highest BCUT2D eigenvalue weighted by atomic mass is 16.6. The zero-order valence-corrected chi connectivity index (χ0v) is 19.0. The standard InChI is InChI=1S/C24H20N4O8/c1-15-24(30)26(9-10-35-20-5-3-2-4-6-20)21-8-7-17(13-22(21)36-15)25-23(29)16-11-18(27(31)32)14-19(12-16)28(33)34/h2-8,11-15H,9-10H2,1H3,(H,25,29). The Morgan fingerprint density at radius 3 is 2.33 bits per heavy atom. The molecule has 1 N–H and O–H groups in total. The van der Waals surface area contributed by atoms with Gasteiger partial charge >= 0.3 is 0 Å². The molecule has 0 saturated carbocycles. The first kappa shape index (κ1) is 24.1. The van der Waals surface area contributed by atoms with Gasteiger partial charge in [-0.3, -0.25) is 29.8 Å². The molecular weight excluding hydrogens is 472 g/mol. The number of benzene rings is 3. The van der Waals surface area contributed by atoms with Gasteiger partial charge < -0.3 is 19.7 Å². The van der Waals surface area contributed by atoms with Crippen molar-refractivity contribution in [3.05, 3.63) is 92.5 Å². The average molecular weight is 492 g/mol. The van der Waals surface area contributed by atoms with Gasteiger partial charge in [-0.25, -0.2) is 0 Å². The van der Waals surface area contributed by atoms with Crippen LogP contribution in [0, 0.1) is 20.2 Å². The number of nitrogens with zero attached hydrogens (tertiary/aromatic N) is 3. The van der Waals surface area contributed by atoms with Crippen LogP contribution in [0.4, 0.5) is 22.7 Å². The maximum Gasteiger partial charge on any atom is 0.277 e. The molecule has 36 heavy (non-hydrogen) atoms. The Morgan fingerprint density at radius 2 is 1.69 bits per heavy atom. The summed E-state index contributed by atoms with van der Waals surface area (Å²) in [4.78, 5) is 47.5. The van der Waals surface area contributed by atoms with Gasteiger partial charge in [0, 0.05) is 23.9 Å². The van der Waals surface area contributed by atoms with E-state index in [-0.39, 0.29) is 30.3 Å². The SMILES string of the molecule is CC1Oc2cc(NC(=O)c3cc([N+](=O)[O-])cc([N+](=O)[O-])c3)ccc2N(CCOc2ccccc2)C1=O. The smallest absolute Gasteiger partial charge is 0.277 e. The van der Waals surface area contributed by atoms with Crippen LogP contribution in [0.15, 0.2) is 66.7 Å². The molecule has 2 amide bonds. The third-order valence-electron chi connectivity index (χ3n) is 5.34. The zero-order chi connectivity index (χ0) is 25.8. The van der Waals surface area contributed by atoms with Crippen LogP contribution in [0.3, 0.4) is 0 Å². The van der Waals surface area contributed by atoms with Crippen molar-refractivity contribution < 1.29 is 28.9 Å². The van der Waals surface area contributed by atoms with Crippen molar-refractivity contribution in [2.45, 2.75) is 13.0 Å². The Kier molecular flexibility index (Phi) is 6.77. The van der Waals surface area contributed by atoms with Crippen molar-refractivity contribution in [3.63, 3.8) is 0 Å². The third kappa shape index (κ3) is 5.22. The molecule has 12 heteroatoms. The number of fused-ring (bicyclic) bond motifs is 1. The summed E-state index contributed by atoms with van der Waals surface area (Å²) in [6, 6.07) is 16.5. The second-order valence-corrected chi connectivity index (χ2v) is 7.80. The fourth-order valence-corrected chi connectivity index (χ4v) is 3.63. The number of hydrogen-bond donors (Lipinski definition) is 1. The number of rotatable bonds is 8. The van der Waals surface area contributed by atoms with Crippen molar-refractivity contribution in [1.82, 2.24) is 0 Å². The molecule has 12 nitrogen and oxygen atoms in total. The van der Waals surface area contributed by atoms with Crippen molar-refractivity contribution in [1.29, 1.82) is 0 Å². The Labute approximate surface area is 204 Å². The molecule has 0 radical (unpaired) electrons. The fourth-order valence-electron chi connectivity index (χ4n) is 3.63. The maximum atomic E-state index is 12.7. The van der Waals surface area contributed by atoms with E-state index in [0.29, 0.717) is 17.2 Å². The molecule has 0 aromatic heterocycles. The second-order valence-electron chi connectivity index (χ2n) is 7.80. The summed E-state index contributed by atoms with van der Waals surface area (Å²) >= 11 is 0. The lowest BCUT2D eigenvalue weighted by molar-refractivity contribution is -0.394. The van der Waals surface area contributed by atoms with Crippen LogP contribution < -0.4 is 19.7 Å². The molecule has 0 fully saturated rings. The number of para-hydroxylation sites is 1. The van der Waals surface area contributed by atoms with E-state index < -0.39 is 33.2 Å². The number of hydrogen-bond acceptors (Lipinski definition) is 8. The average Bonchev–Trinajstić information content (AvgIpc) is 2.86. The van der Waals surface area contributed by atoms with Crippen molar-refractivity contribution >= 4 is 34.6 Å². The van der Waals surface area contributed by atoms with E-state index in [2.05, 4.69) is 5.32 Å². The van der Waals surface area contributed by atoms with Crippen LogP contribution in [0.25, 0.3) is 0 Å². The van der Waals surface area contributed by atoms with E-state index in [1.807, 2.05) is 30.3 Å². The number of ether oxygens (including phenoxy) is 2. The van der Waals surface area contributed by atoms with Crippen LogP contribution in [0.5, 0.6) is 11.5 Å². The molecule has 3 aromatic rings. The predicted molar refractivity (Wildman–Crippen MR) is 129 cm³/mol. The lowest BCUT2D eigenvalue weighted by Crippen LogP contribution is -2.46. The van der Waals surface area contributed by atoms with Crippen LogP contribution in [0.1, 0.15) is 17.3 Å². The van der Waals surface area contributed by atoms with E-state index >= 15 is 0 Å². The molecule has 1 aliphatic heterocycles. The van der Waals surface area contributed by atoms with Crippen molar-refractivity contribution in [2.24, 2.45) is 0 Å². The minimum atomic E-state index is -0.814. The number of nitrogens with one attached hydrogen (secondary N) is 1. The quantitative estimate of drug-likeness (QED) is 0.366. The minimum absolute atomic E-state index is 0.242. The molecule has 1 heterocycles. The number of amides is 2. The molecule has 1 aliphatic rings. The van der Waals surface area contributed by atoms with E-state index in [1.54, 1.807) is 13.0 Å². The summed E-state index contributed by atoms with van der Waals surface area (Å²) in [5.74, 6) is -0.0230. The Bertz CT molecular complexity index is 1310. The van der Waals surface area contributed by atoms with Gasteiger partial charge in [-0.05, 0) is 31.2 Å². The number of nitro benzene ring substituents is 2. The molecule has 4 rings (SSSR count). The van der Waals surface area contributed by atoms with E-state index in [4.69, 9.17) is 9.47 Å². The van der Waals surface area contributed by atoms with Gasteiger partial charge in [0.1, 0.15) is 18.1 Å². The third-order valence-corrected chi connectivity index (χ3v) is 5.34. The summed E-state index contributed by atoms with van der Waals surface area (Å²) in [5, 5.41) is 24.8. The molecule has 1 atom stereocenters. The molecule has 0 saturated heterocycles. The minimum Gasteiger partial charge on any atom is -0.492 e. The summed E-state index contributed by atoms with van der Waals surface area (Å²) < 4.78 is 11.4.